The van der Waals surface area contributed by atoms with Crippen LogP contribution in [0.4, 0.5) is 0 Å². The number of fused-ring (bicyclic) bond motifs is 1. The molecule has 29 heavy (non-hydrogen) atoms. The zero-order valence-electron chi connectivity index (χ0n) is 16.1. The van der Waals surface area contributed by atoms with Gasteiger partial charge in [0.15, 0.2) is 0 Å². The molecule has 0 aliphatic carbocycles. The third-order valence-electron chi connectivity index (χ3n) is 5.50. The van der Waals surface area contributed by atoms with E-state index in [1.807, 2.05) is 36.4 Å². The number of nitrogens with one attached hydrogen (secondary N) is 1. The maximum atomic E-state index is 13.3. The zero-order chi connectivity index (χ0) is 20.4. The number of ether oxygens (including phenoxy) is 1. The Balaban J connectivity index is 1.81. The van der Waals surface area contributed by atoms with Crippen LogP contribution in [0.2, 0.25) is 0 Å². The first-order valence-corrected chi connectivity index (χ1v) is 9.65. The minimum absolute atomic E-state index is 0.191. The first kappa shape index (κ1) is 18.9. The number of esters is 1. The van der Waals surface area contributed by atoms with Crippen LogP contribution in [0, 0.1) is 0 Å². The topological polar surface area (TPSA) is 75.7 Å². The second-order valence-electron chi connectivity index (χ2n) is 7.15. The Labute approximate surface area is 169 Å². The first-order valence-electron chi connectivity index (χ1n) is 9.65. The normalized spacial score (nSPS) is 21.0. The zero-order valence-corrected chi connectivity index (χ0v) is 16.1. The summed E-state index contributed by atoms with van der Waals surface area (Å²) in [4.78, 5) is 40.6. The predicted molar refractivity (Wildman–Crippen MR) is 107 cm³/mol. The van der Waals surface area contributed by atoms with E-state index in [0.717, 1.165) is 12.0 Å². The molecule has 2 aliphatic rings. The molecule has 1 saturated heterocycles. The minimum atomic E-state index is -0.888. The van der Waals surface area contributed by atoms with Crippen molar-refractivity contribution in [3.05, 3.63) is 83.1 Å². The van der Waals surface area contributed by atoms with Crippen molar-refractivity contribution in [2.24, 2.45) is 0 Å². The Morgan fingerprint density at radius 1 is 1.03 bits per heavy atom. The van der Waals surface area contributed by atoms with Gasteiger partial charge in [-0.1, -0.05) is 48.5 Å². The van der Waals surface area contributed by atoms with Crippen molar-refractivity contribution >= 4 is 17.8 Å². The lowest BCUT2D eigenvalue weighted by Crippen LogP contribution is -2.54. The van der Waals surface area contributed by atoms with Crippen molar-refractivity contribution in [2.45, 2.75) is 24.8 Å². The fourth-order valence-electron chi connectivity index (χ4n) is 4.19. The number of amides is 2. The quantitative estimate of drug-likeness (QED) is 0.815. The van der Waals surface area contributed by atoms with Crippen molar-refractivity contribution in [1.82, 2.24) is 10.2 Å². The molecule has 2 aliphatic heterocycles. The number of hydrogen-bond acceptors (Lipinski definition) is 4. The van der Waals surface area contributed by atoms with Gasteiger partial charge in [-0.3, -0.25) is 9.59 Å². The molecule has 2 aromatic rings. The lowest BCUT2D eigenvalue weighted by atomic mass is 9.80. The van der Waals surface area contributed by atoms with E-state index >= 15 is 0 Å². The summed E-state index contributed by atoms with van der Waals surface area (Å²) in [6.07, 6.45) is 1.42. The highest BCUT2D eigenvalue weighted by molar-refractivity contribution is 6.02. The maximum absolute atomic E-state index is 13.3. The first-order chi connectivity index (χ1) is 14.1. The van der Waals surface area contributed by atoms with Gasteiger partial charge in [0.2, 0.25) is 5.91 Å². The van der Waals surface area contributed by atoms with E-state index in [1.54, 1.807) is 29.2 Å². The van der Waals surface area contributed by atoms with Gasteiger partial charge in [0, 0.05) is 23.7 Å². The molecular formula is C23H22N2O4. The molecule has 2 heterocycles. The average Bonchev–Trinajstić information content (AvgIpc) is 3.26. The number of benzene rings is 2. The van der Waals surface area contributed by atoms with Gasteiger partial charge in [0.05, 0.1) is 12.7 Å². The lowest BCUT2D eigenvalue weighted by molar-refractivity contribution is -0.138. The molecule has 0 spiro atoms. The van der Waals surface area contributed by atoms with E-state index in [1.165, 1.54) is 7.11 Å². The molecular weight excluding hydrogens is 368 g/mol. The van der Waals surface area contributed by atoms with Crippen LogP contribution in [-0.2, 0) is 14.3 Å². The van der Waals surface area contributed by atoms with Gasteiger partial charge in [-0.05, 0) is 30.5 Å². The standard InChI is InChI=1S/C23H22N2O4/c1-29-23(28)19-17-13-8-14-25(17)22(27)20(18(19)15-9-4-2-5-10-15)24-21(26)16-11-6-3-7-12-16/h2-7,9-12,18,20H,8,13-14H2,1H3,(H,24,26)/t18-,20+/m0/s1. The Morgan fingerprint density at radius 3 is 2.34 bits per heavy atom. The van der Waals surface area contributed by atoms with Gasteiger partial charge in [0.25, 0.3) is 5.91 Å². The van der Waals surface area contributed by atoms with E-state index in [2.05, 4.69) is 5.32 Å². The van der Waals surface area contributed by atoms with Gasteiger partial charge < -0.3 is 15.0 Å². The maximum Gasteiger partial charge on any atom is 0.336 e. The number of hydrogen-bond donors (Lipinski definition) is 1. The highest BCUT2D eigenvalue weighted by Crippen LogP contribution is 2.41. The van der Waals surface area contributed by atoms with E-state index in [9.17, 15) is 14.4 Å². The Bertz CT molecular complexity index is 969. The minimum Gasteiger partial charge on any atom is -0.466 e. The van der Waals surface area contributed by atoms with E-state index < -0.39 is 17.9 Å². The average molecular weight is 390 g/mol. The molecule has 148 valence electrons. The van der Waals surface area contributed by atoms with Crippen molar-refractivity contribution in [3.63, 3.8) is 0 Å². The van der Waals surface area contributed by atoms with Crippen molar-refractivity contribution in [3.8, 4) is 0 Å². The highest BCUT2D eigenvalue weighted by Gasteiger charge is 2.47. The monoisotopic (exact) mass is 390 g/mol. The third kappa shape index (κ3) is 3.42. The second-order valence-corrected chi connectivity index (χ2v) is 7.15. The van der Waals surface area contributed by atoms with Crippen molar-refractivity contribution in [1.29, 1.82) is 0 Å². The third-order valence-corrected chi connectivity index (χ3v) is 5.50. The summed E-state index contributed by atoms with van der Waals surface area (Å²) < 4.78 is 5.08. The van der Waals surface area contributed by atoms with Crippen LogP contribution < -0.4 is 5.32 Å². The Morgan fingerprint density at radius 2 is 1.69 bits per heavy atom. The molecule has 2 aromatic carbocycles. The van der Waals surface area contributed by atoms with Crippen molar-refractivity contribution < 1.29 is 19.1 Å². The van der Waals surface area contributed by atoms with Gasteiger partial charge in [-0.15, -0.1) is 0 Å². The molecule has 6 nitrogen and oxygen atoms in total. The second kappa shape index (κ2) is 7.91. The molecule has 2 amide bonds. The number of rotatable bonds is 4. The summed E-state index contributed by atoms with van der Waals surface area (Å²) in [5.41, 5.74) is 2.41. The molecule has 2 atom stereocenters. The highest BCUT2D eigenvalue weighted by atomic mass is 16.5. The number of carbonyl (C=O) groups excluding carboxylic acids is 3. The summed E-state index contributed by atoms with van der Waals surface area (Å²) in [6, 6.07) is 17.2. The van der Waals surface area contributed by atoms with Crippen molar-refractivity contribution in [2.75, 3.05) is 13.7 Å². The Hall–Kier alpha value is -3.41. The summed E-state index contributed by atoms with van der Waals surface area (Å²) in [7, 11) is 1.34. The van der Waals surface area contributed by atoms with Gasteiger partial charge in [-0.2, -0.15) is 0 Å². The molecule has 0 bridgehead atoms. The molecule has 0 aromatic heterocycles. The van der Waals surface area contributed by atoms with E-state index in [-0.39, 0.29) is 11.8 Å². The van der Waals surface area contributed by atoms with Crippen LogP contribution in [0.15, 0.2) is 71.9 Å². The van der Waals surface area contributed by atoms with E-state index in [0.29, 0.717) is 29.8 Å². The van der Waals surface area contributed by atoms with Crippen LogP contribution in [0.5, 0.6) is 0 Å². The molecule has 4 rings (SSSR count). The summed E-state index contributed by atoms with van der Waals surface area (Å²) in [6.45, 7) is 0.536. The smallest absolute Gasteiger partial charge is 0.336 e. The van der Waals surface area contributed by atoms with Crippen LogP contribution in [0.25, 0.3) is 0 Å². The molecule has 0 unspecified atom stereocenters. The van der Waals surface area contributed by atoms with Gasteiger partial charge >= 0.3 is 5.97 Å². The fourth-order valence-corrected chi connectivity index (χ4v) is 4.19. The Kier molecular flexibility index (Phi) is 5.16. The fraction of sp³-hybridized carbons (Fsp3) is 0.261. The van der Waals surface area contributed by atoms with Crippen LogP contribution in [-0.4, -0.2) is 42.4 Å². The van der Waals surface area contributed by atoms with Crippen LogP contribution in [0.3, 0.4) is 0 Å². The number of nitrogens with zero attached hydrogens (tertiary/aromatic N) is 1. The summed E-state index contributed by atoms with van der Waals surface area (Å²) >= 11 is 0. The number of carbonyl (C=O) groups is 3. The number of allylic oxidation sites excluding steroid dienone is 1. The predicted octanol–water partition coefficient (Wildman–Crippen LogP) is 2.63. The largest absolute Gasteiger partial charge is 0.466 e. The van der Waals surface area contributed by atoms with E-state index in [4.69, 9.17) is 4.74 Å². The van der Waals surface area contributed by atoms with Crippen LogP contribution in [0.1, 0.15) is 34.7 Å². The van der Waals surface area contributed by atoms with Crippen LogP contribution >= 0.6 is 0 Å². The summed E-state index contributed by atoms with van der Waals surface area (Å²) in [5.74, 6) is -1.61. The van der Waals surface area contributed by atoms with Gasteiger partial charge in [-0.25, -0.2) is 4.79 Å². The SMILES string of the molecule is COC(=O)C1=C2CCCN2C(=O)[C@H](NC(=O)c2ccccc2)[C@H]1c1ccccc1. The lowest BCUT2D eigenvalue weighted by Gasteiger charge is -2.38. The molecule has 6 heteroatoms. The molecule has 0 radical (unpaired) electrons. The van der Waals surface area contributed by atoms with Gasteiger partial charge in [0.1, 0.15) is 6.04 Å². The molecule has 0 saturated carbocycles. The number of methoxy groups -OCH3 is 1. The molecule has 1 N–H and O–H groups in total. The molecule has 1 fully saturated rings. The summed E-state index contributed by atoms with van der Waals surface area (Å²) in [5, 5.41) is 2.88.